The number of allylic oxidation sites excluding steroid dienone is 4. The molecule has 4 nitrogen and oxygen atoms in total. The van der Waals surface area contributed by atoms with Crippen molar-refractivity contribution in [2.24, 2.45) is 0 Å². The Kier molecular flexibility index (Phi) is 5.63. The average molecular weight is 491 g/mol. The summed E-state index contributed by atoms with van der Waals surface area (Å²) >= 11 is 0. The van der Waals surface area contributed by atoms with E-state index in [0.29, 0.717) is 17.6 Å². The van der Waals surface area contributed by atoms with E-state index in [1.54, 1.807) is 0 Å². The van der Waals surface area contributed by atoms with Gasteiger partial charge in [0.25, 0.3) is 0 Å². The van der Waals surface area contributed by atoms with Gasteiger partial charge in [0.1, 0.15) is 0 Å². The fraction of sp³-hybridized carbons (Fsp3) is 0.0882. The van der Waals surface area contributed by atoms with Crippen molar-refractivity contribution in [1.82, 2.24) is 15.0 Å². The number of aromatic nitrogens is 3. The lowest BCUT2D eigenvalue weighted by Crippen LogP contribution is -2.22. The fourth-order valence-electron chi connectivity index (χ4n) is 5.57. The third-order valence-electron chi connectivity index (χ3n) is 7.33. The lowest BCUT2D eigenvalue weighted by Gasteiger charge is -2.31. The maximum atomic E-state index is 4.92. The van der Waals surface area contributed by atoms with Crippen molar-refractivity contribution >= 4 is 5.95 Å². The first-order chi connectivity index (χ1) is 18.8. The molecular weight excluding hydrogens is 464 g/mol. The van der Waals surface area contributed by atoms with Gasteiger partial charge in [0, 0.05) is 17.0 Å². The number of hydrogen-bond donors (Lipinski definition) is 1. The molecule has 4 aromatic carbocycles. The van der Waals surface area contributed by atoms with E-state index in [4.69, 9.17) is 15.0 Å². The normalized spacial score (nSPS) is 15.7. The van der Waals surface area contributed by atoms with E-state index in [-0.39, 0.29) is 12.0 Å². The molecule has 1 N–H and O–H groups in total. The molecule has 0 bridgehead atoms. The summed E-state index contributed by atoms with van der Waals surface area (Å²) in [5.41, 5.74) is 8.47. The second-order valence-electron chi connectivity index (χ2n) is 9.70. The number of fused-ring (bicyclic) bond motifs is 3. The first kappa shape index (κ1) is 22.4. The molecule has 5 aromatic rings. The van der Waals surface area contributed by atoms with E-state index in [0.717, 1.165) is 17.5 Å². The van der Waals surface area contributed by atoms with Crippen LogP contribution in [0.3, 0.4) is 0 Å². The van der Waals surface area contributed by atoms with Crippen LogP contribution in [0.15, 0.2) is 127 Å². The van der Waals surface area contributed by atoms with Crippen LogP contribution in [0.5, 0.6) is 0 Å². The molecule has 2 aliphatic carbocycles. The number of nitrogens with one attached hydrogen (secondary N) is 1. The summed E-state index contributed by atoms with van der Waals surface area (Å²) in [6, 6.07) is 35.6. The summed E-state index contributed by atoms with van der Waals surface area (Å²) in [6.45, 7) is 0. The van der Waals surface area contributed by atoms with Crippen molar-refractivity contribution in [1.29, 1.82) is 0 Å². The van der Waals surface area contributed by atoms with Gasteiger partial charge < -0.3 is 5.32 Å². The van der Waals surface area contributed by atoms with Crippen LogP contribution >= 0.6 is 0 Å². The Bertz CT molecular complexity index is 1600. The molecule has 1 atom stereocenters. The Morgan fingerprint density at radius 1 is 0.579 bits per heavy atom. The van der Waals surface area contributed by atoms with Crippen molar-refractivity contribution < 1.29 is 0 Å². The molecule has 1 aromatic heterocycles. The molecule has 0 amide bonds. The molecule has 0 saturated heterocycles. The van der Waals surface area contributed by atoms with Gasteiger partial charge in [-0.1, -0.05) is 127 Å². The summed E-state index contributed by atoms with van der Waals surface area (Å²) in [6.07, 6.45) is 9.64. The predicted molar refractivity (Wildman–Crippen MR) is 154 cm³/mol. The molecule has 4 heteroatoms. The molecule has 1 unspecified atom stereocenters. The number of anilines is 1. The first-order valence-corrected chi connectivity index (χ1v) is 13.0. The lowest BCUT2D eigenvalue weighted by molar-refractivity contribution is 0.739. The van der Waals surface area contributed by atoms with E-state index < -0.39 is 0 Å². The Morgan fingerprint density at radius 3 is 1.87 bits per heavy atom. The monoisotopic (exact) mass is 490 g/mol. The van der Waals surface area contributed by atoms with Gasteiger partial charge in [-0.25, -0.2) is 4.98 Å². The molecule has 182 valence electrons. The zero-order chi connectivity index (χ0) is 25.3. The van der Waals surface area contributed by atoms with Crippen LogP contribution in [0.1, 0.15) is 28.7 Å². The van der Waals surface area contributed by atoms with E-state index >= 15 is 0 Å². The predicted octanol–water partition coefficient (Wildman–Crippen LogP) is 7.79. The summed E-state index contributed by atoms with van der Waals surface area (Å²) < 4.78 is 0. The fourth-order valence-corrected chi connectivity index (χ4v) is 5.57. The molecule has 0 radical (unpaired) electrons. The third kappa shape index (κ3) is 4.10. The van der Waals surface area contributed by atoms with E-state index in [1.165, 1.54) is 27.8 Å². The Labute approximate surface area is 222 Å². The van der Waals surface area contributed by atoms with Gasteiger partial charge in [0.2, 0.25) is 5.95 Å². The quantitative estimate of drug-likeness (QED) is 0.273. The van der Waals surface area contributed by atoms with Crippen LogP contribution in [0, 0.1) is 0 Å². The van der Waals surface area contributed by atoms with E-state index in [1.807, 2.05) is 60.7 Å². The maximum absolute atomic E-state index is 4.92. The zero-order valence-electron chi connectivity index (χ0n) is 20.8. The summed E-state index contributed by atoms with van der Waals surface area (Å²) in [5, 5.41) is 3.75. The molecule has 0 fully saturated rings. The van der Waals surface area contributed by atoms with Crippen LogP contribution in [0.4, 0.5) is 5.95 Å². The highest BCUT2D eigenvalue weighted by atomic mass is 15.2. The van der Waals surface area contributed by atoms with Crippen LogP contribution in [0.25, 0.3) is 33.9 Å². The Hall–Kier alpha value is -4.83. The minimum Gasteiger partial charge on any atom is -0.347 e. The number of rotatable bonds is 5. The molecular formula is C34H26N4. The van der Waals surface area contributed by atoms with Crippen LogP contribution in [-0.4, -0.2) is 15.0 Å². The second kappa shape index (κ2) is 9.56. The summed E-state index contributed by atoms with van der Waals surface area (Å²) in [5.74, 6) is 2.17. The zero-order valence-corrected chi connectivity index (χ0v) is 20.8. The minimum absolute atomic E-state index is 0.0214. The summed E-state index contributed by atoms with van der Waals surface area (Å²) in [7, 11) is 0. The number of nitrogens with zero attached hydrogens (tertiary/aromatic N) is 3. The van der Waals surface area contributed by atoms with Gasteiger partial charge in [-0.15, -0.1) is 0 Å². The van der Waals surface area contributed by atoms with Crippen molar-refractivity contribution in [2.45, 2.75) is 18.4 Å². The van der Waals surface area contributed by atoms with Gasteiger partial charge in [0.05, 0.1) is 6.04 Å². The highest BCUT2D eigenvalue weighted by Crippen LogP contribution is 2.44. The molecule has 0 spiro atoms. The van der Waals surface area contributed by atoms with Crippen molar-refractivity contribution in [2.75, 3.05) is 5.32 Å². The Balaban J connectivity index is 1.36. The number of benzene rings is 4. The highest BCUT2D eigenvalue weighted by molar-refractivity contribution is 5.77. The first-order valence-electron chi connectivity index (χ1n) is 13.0. The van der Waals surface area contributed by atoms with Gasteiger partial charge >= 0.3 is 0 Å². The summed E-state index contributed by atoms with van der Waals surface area (Å²) in [4.78, 5) is 14.7. The molecule has 1 heterocycles. The molecule has 7 rings (SSSR count). The highest BCUT2D eigenvalue weighted by Gasteiger charge is 2.29. The Morgan fingerprint density at radius 2 is 1.18 bits per heavy atom. The van der Waals surface area contributed by atoms with E-state index in [2.05, 4.69) is 72.1 Å². The van der Waals surface area contributed by atoms with Gasteiger partial charge in [-0.05, 0) is 34.2 Å². The van der Waals surface area contributed by atoms with Gasteiger partial charge in [-0.3, -0.25) is 0 Å². The maximum Gasteiger partial charge on any atom is 0.227 e. The number of hydrogen-bond acceptors (Lipinski definition) is 4. The smallest absolute Gasteiger partial charge is 0.227 e. The van der Waals surface area contributed by atoms with Gasteiger partial charge in [0.15, 0.2) is 11.6 Å². The van der Waals surface area contributed by atoms with Crippen molar-refractivity contribution in [3.8, 4) is 33.9 Å². The van der Waals surface area contributed by atoms with E-state index in [9.17, 15) is 0 Å². The standard InChI is InChI=1S/C34H26N4/c1-3-14-24(15-4-1)32-36-33(25-16-5-2-6-17-25)38-34(37-32)35-30-22-26-18-9-10-19-27(26)29-21-11-20-28(31(29)30)23-12-7-8-13-23/h1-21,23,30H,22H2,(H,35,36,37,38). The molecule has 0 aliphatic heterocycles. The molecule has 0 saturated carbocycles. The topological polar surface area (TPSA) is 50.7 Å². The minimum atomic E-state index is 0.0214. The van der Waals surface area contributed by atoms with Crippen LogP contribution in [0.2, 0.25) is 0 Å². The van der Waals surface area contributed by atoms with Crippen LogP contribution < -0.4 is 5.32 Å². The third-order valence-corrected chi connectivity index (χ3v) is 7.33. The second-order valence-corrected chi connectivity index (χ2v) is 9.70. The molecule has 2 aliphatic rings. The average Bonchev–Trinajstić information content (AvgIpc) is 3.53. The van der Waals surface area contributed by atoms with Gasteiger partial charge in [-0.2, -0.15) is 9.97 Å². The largest absolute Gasteiger partial charge is 0.347 e. The lowest BCUT2D eigenvalue weighted by atomic mass is 9.78. The van der Waals surface area contributed by atoms with Crippen molar-refractivity contribution in [3.63, 3.8) is 0 Å². The molecule has 38 heavy (non-hydrogen) atoms. The van der Waals surface area contributed by atoms with Crippen LogP contribution in [-0.2, 0) is 6.42 Å². The van der Waals surface area contributed by atoms with Crippen molar-refractivity contribution in [3.05, 3.63) is 144 Å². The SMILES string of the molecule is C1=CC(c2cccc3c2C(Nc2nc(-c4ccccc4)nc(-c4ccccc4)n2)Cc2ccccc2-3)C=C1.